The van der Waals surface area contributed by atoms with Crippen LogP contribution in [0.5, 0.6) is 0 Å². The molecule has 1 aromatic carbocycles. The van der Waals surface area contributed by atoms with Gasteiger partial charge in [0, 0.05) is 33.7 Å². The molecule has 3 rings (SSSR count). The molecular formula is C17H23BrN2. The Morgan fingerprint density at radius 3 is 2.60 bits per heavy atom. The lowest BCUT2D eigenvalue weighted by molar-refractivity contribution is 0.388. The zero-order valence-electron chi connectivity index (χ0n) is 11.9. The molecule has 20 heavy (non-hydrogen) atoms. The summed E-state index contributed by atoms with van der Waals surface area (Å²) < 4.78 is 1.14. The summed E-state index contributed by atoms with van der Waals surface area (Å²) in [5, 5.41) is 5.02. The second-order valence-corrected chi connectivity index (χ2v) is 6.86. The maximum Gasteiger partial charge on any atom is 0.0457 e. The average molecular weight is 335 g/mol. The molecule has 1 aliphatic rings. The standard InChI is InChI=1S/C17H23BrN2/c18-14-8-9-17-13(10-14)11-16(20-17)12-19-15-6-4-2-1-3-5-7-15/h8-11,15,19-20H,1-7,12H2. The first kappa shape index (κ1) is 14.2. The maximum absolute atomic E-state index is 3.74. The van der Waals surface area contributed by atoms with Crippen molar-refractivity contribution in [2.24, 2.45) is 0 Å². The van der Waals surface area contributed by atoms with E-state index >= 15 is 0 Å². The Morgan fingerprint density at radius 2 is 1.80 bits per heavy atom. The van der Waals surface area contributed by atoms with Crippen LogP contribution in [0.25, 0.3) is 10.9 Å². The van der Waals surface area contributed by atoms with Crippen LogP contribution in [-0.4, -0.2) is 11.0 Å². The Balaban J connectivity index is 1.60. The highest BCUT2D eigenvalue weighted by Crippen LogP contribution is 2.21. The van der Waals surface area contributed by atoms with Crippen LogP contribution >= 0.6 is 15.9 Å². The van der Waals surface area contributed by atoms with Crippen LogP contribution in [0, 0.1) is 0 Å². The van der Waals surface area contributed by atoms with Gasteiger partial charge in [-0.3, -0.25) is 0 Å². The molecule has 0 saturated heterocycles. The van der Waals surface area contributed by atoms with E-state index in [2.05, 4.69) is 50.5 Å². The van der Waals surface area contributed by atoms with Gasteiger partial charge < -0.3 is 10.3 Å². The Bertz CT molecular complexity index is 553. The third kappa shape index (κ3) is 3.64. The van der Waals surface area contributed by atoms with Crippen LogP contribution in [0.2, 0.25) is 0 Å². The fraction of sp³-hybridized carbons (Fsp3) is 0.529. The predicted molar refractivity (Wildman–Crippen MR) is 88.9 cm³/mol. The monoisotopic (exact) mass is 334 g/mol. The molecule has 108 valence electrons. The largest absolute Gasteiger partial charge is 0.357 e. The lowest BCUT2D eigenvalue weighted by atomic mass is 9.97. The first-order valence-electron chi connectivity index (χ1n) is 7.82. The third-order valence-corrected chi connectivity index (χ3v) is 4.82. The molecule has 0 aliphatic heterocycles. The van der Waals surface area contributed by atoms with E-state index in [0.717, 1.165) is 11.0 Å². The van der Waals surface area contributed by atoms with Gasteiger partial charge in [-0.25, -0.2) is 0 Å². The highest BCUT2D eigenvalue weighted by molar-refractivity contribution is 9.10. The SMILES string of the molecule is Brc1ccc2[nH]c(CNC3CCCCCCC3)cc2c1. The molecule has 0 spiro atoms. The van der Waals surface area contributed by atoms with E-state index in [4.69, 9.17) is 0 Å². The van der Waals surface area contributed by atoms with Gasteiger partial charge in [0.25, 0.3) is 0 Å². The van der Waals surface area contributed by atoms with E-state index in [1.807, 2.05) is 0 Å². The summed E-state index contributed by atoms with van der Waals surface area (Å²) >= 11 is 3.53. The number of aromatic amines is 1. The number of hydrogen-bond donors (Lipinski definition) is 2. The minimum Gasteiger partial charge on any atom is -0.357 e. The highest BCUT2D eigenvalue weighted by Gasteiger charge is 2.11. The van der Waals surface area contributed by atoms with Crippen molar-refractivity contribution in [3.63, 3.8) is 0 Å². The molecule has 1 fully saturated rings. The van der Waals surface area contributed by atoms with E-state index in [1.165, 1.54) is 61.5 Å². The van der Waals surface area contributed by atoms with Crippen molar-refractivity contribution in [1.82, 2.24) is 10.3 Å². The summed E-state index contributed by atoms with van der Waals surface area (Å²) in [5.41, 5.74) is 2.52. The summed E-state index contributed by atoms with van der Waals surface area (Å²) in [5.74, 6) is 0. The maximum atomic E-state index is 3.74. The van der Waals surface area contributed by atoms with Gasteiger partial charge >= 0.3 is 0 Å². The van der Waals surface area contributed by atoms with Crippen LogP contribution in [0.15, 0.2) is 28.7 Å². The van der Waals surface area contributed by atoms with Gasteiger partial charge in [0.1, 0.15) is 0 Å². The van der Waals surface area contributed by atoms with Crippen LogP contribution < -0.4 is 5.32 Å². The van der Waals surface area contributed by atoms with Crippen molar-refractivity contribution >= 4 is 26.8 Å². The van der Waals surface area contributed by atoms with Crippen molar-refractivity contribution in [3.8, 4) is 0 Å². The van der Waals surface area contributed by atoms with E-state index in [1.54, 1.807) is 0 Å². The fourth-order valence-corrected chi connectivity index (χ4v) is 3.55. The molecule has 2 N–H and O–H groups in total. The van der Waals surface area contributed by atoms with Gasteiger partial charge in [-0.15, -0.1) is 0 Å². The number of aromatic nitrogens is 1. The molecule has 1 saturated carbocycles. The summed E-state index contributed by atoms with van der Waals surface area (Å²) in [6, 6.07) is 9.36. The van der Waals surface area contributed by atoms with Gasteiger partial charge in [0.15, 0.2) is 0 Å². The summed E-state index contributed by atoms with van der Waals surface area (Å²) in [6.07, 6.45) is 9.72. The van der Waals surface area contributed by atoms with Crippen molar-refractivity contribution < 1.29 is 0 Å². The predicted octanol–water partition coefficient (Wildman–Crippen LogP) is 5.13. The van der Waals surface area contributed by atoms with E-state index < -0.39 is 0 Å². The van der Waals surface area contributed by atoms with Gasteiger partial charge in [-0.2, -0.15) is 0 Å². The van der Waals surface area contributed by atoms with Crippen LogP contribution in [0.4, 0.5) is 0 Å². The normalized spacial score (nSPS) is 18.1. The lowest BCUT2D eigenvalue weighted by Gasteiger charge is -2.20. The van der Waals surface area contributed by atoms with E-state index in [-0.39, 0.29) is 0 Å². The van der Waals surface area contributed by atoms with Crippen LogP contribution in [0.3, 0.4) is 0 Å². The average Bonchev–Trinajstić information content (AvgIpc) is 2.79. The van der Waals surface area contributed by atoms with Crippen LogP contribution in [0.1, 0.15) is 50.6 Å². The molecule has 0 unspecified atom stereocenters. The quantitative estimate of drug-likeness (QED) is 0.799. The van der Waals surface area contributed by atoms with Crippen molar-refractivity contribution in [2.45, 2.75) is 57.5 Å². The molecular weight excluding hydrogens is 312 g/mol. The van der Waals surface area contributed by atoms with E-state index in [9.17, 15) is 0 Å². The number of hydrogen-bond acceptors (Lipinski definition) is 1. The number of halogens is 1. The first-order valence-corrected chi connectivity index (χ1v) is 8.61. The molecule has 0 radical (unpaired) electrons. The summed E-state index contributed by atoms with van der Waals surface area (Å²) in [6.45, 7) is 0.955. The van der Waals surface area contributed by atoms with Gasteiger partial charge in [0.2, 0.25) is 0 Å². The summed E-state index contributed by atoms with van der Waals surface area (Å²) in [4.78, 5) is 3.51. The number of benzene rings is 1. The Morgan fingerprint density at radius 1 is 1.05 bits per heavy atom. The lowest BCUT2D eigenvalue weighted by Crippen LogP contribution is -2.29. The Labute approximate surface area is 129 Å². The van der Waals surface area contributed by atoms with E-state index in [0.29, 0.717) is 6.04 Å². The first-order chi connectivity index (χ1) is 9.81. The topological polar surface area (TPSA) is 27.8 Å². The number of fused-ring (bicyclic) bond motifs is 1. The Hall–Kier alpha value is -0.800. The molecule has 1 aromatic heterocycles. The van der Waals surface area contributed by atoms with Crippen molar-refractivity contribution in [1.29, 1.82) is 0 Å². The third-order valence-electron chi connectivity index (χ3n) is 4.32. The molecule has 2 nitrogen and oxygen atoms in total. The second kappa shape index (κ2) is 6.77. The van der Waals surface area contributed by atoms with Crippen molar-refractivity contribution in [3.05, 3.63) is 34.4 Å². The minimum absolute atomic E-state index is 0.702. The molecule has 0 amide bonds. The molecule has 1 heterocycles. The Kier molecular flexibility index (Phi) is 4.79. The van der Waals surface area contributed by atoms with Crippen LogP contribution in [-0.2, 0) is 6.54 Å². The number of rotatable bonds is 3. The number of H-pyrrole nitrogens is 1. The highest BCUT2D eigenvalue weighted by atomic mass is 79.9. The molecule has 1 aliphatic carbocycles. The van der Waals surface area contributed by atoms with Gasteiger partial charge in [0.05, 0.1) is 0 Å². The van der Waals surface area contributed by atoms with Gasteiger partial charge in [-0.05, 0) is 37.1 Å². The molecule has 2 aromatic rings. The smallest absolute Gasteiger partial charge is 0.0457 e. The van der Waals surface area contributed by atoms with Crippen molar-refractivity contribution in [2.75, 3.05) is 0 Å². The second-order valence-electron chi connectivity index (χ2n) is 5.95. The molecule has 0 bridgehead atoms. The zero-order chi connectivity index (χ0) is 13.8. The molecule has 0 atom stereocenters. The summed E-state index contributed by atoms with van der Waals surface area (Å²) in [7, 11) is 0. The minimum atomic E-state index is 0.702. The van der Waals surface area contributed by atoms with Gasteiger partial charge in [-0.1, -0.05) is 48.0 Å². The zero-order valence-corrected chi connectivity index (χ0v) is 13.5. The number of nitrogens with one attached hydrogen (secondary N) is 2. The fourth-order valence-electron chi connectivity index (χ4n) is 3.17. The molecule has 3 heteroatoms.